The molecule has 0 fully saturated rings. The van der Waals surface area contributed by atoms with E-state index in [1.54, 1.807) is 6.92 Å². The normalized spacial score (nSPS) is 12.0. The Labute approximate surface area is 174 Å². The van der Waals surface area contributed by atoms with Crippen molar-refractivity contribution in [3.63, 3.8) is 0 Å². The van der Waals surface area contributed by atoms with E-state index in [1.165, 1.54) is 36.0 Å². The Hall–Kier alpha value is -2.39. The minimum atomic E-state index is -0.398. The van der Waals surface area contributed by atoms with Crippen LogP contribution in [0.15, 0.2) is 53.3 Å². The average Bonchev–Trinajstić information content (AvgIpc) is 3.08. The van der Waals surface area contributed by atoms with Gasteiger partial charge in [0.15, 0.2) is 0 Å². The standard InChI is InChI=1S/C19H18BrFN4O2S/c1-12(28-11-18(26)24-15-5-3-14(21)4-6-15)19(27)22-8-16-10-25-9-13(20)2-7-17(25)23-16/h2-7,9-10,12H,8,11H2,1H3,(H,22,27)(H,24,26). The first-order chi connectivity index (χ1) is 13.4. The summed E-state index contributed by atoms with van der Waals surface area (Å²) in [6, 6.07) is 9.31. The lowest BCUT2D eigenvalue weighted by Gasteiger charge is -2.11. The van der Waals surface area contributed by atoms with Crippen LogP contribution in [-0.2, 0) is 16.1 Å². The number of anilines is 1. The summed E-state index contributed by atoms with van der Waals surface area (Å²) in [5.41, 5.74) is 2.06. The van der Waals surface area contributed by atoms with Crippen LogP contribution in [0.4, 0.5) is 10.1 Å². The second-order valence-corrected chi connectivity index (χ2v) is 8.32. The molecule has 9 heteroatoms. The molecule has 1 unspecified atom stereocenters. The summed E-state index contributed by atoms with van der Waals surface area (Å²) in [4.78, 5) is 28.6. The Morgan fingerprint density at radius 3 is 2.71 bits per heavy atom. The van der Waals surface area contributed by atoms with Gasteiger partial charge in [-0.3, -0.25) is 9.59 Å². The molecule has 3 rings (SSSR count). The molecule has 0 aliphatic rings. The van der Waals surface area contributed by atoms with Crippen molar-refractivity contribution in [2.45, 2.75) is 18.7 Å². The van der Waals surface area contributed by atoms with Crippen LogP contribution in [0.3, 0.4) is 0 Å². The zero-order chi connectivity index (χ0) is 20.1. The average molecular weight is 465 g/mol. The van der Waals surface area contributed by atoms with Crippen LogP contribution in [0.5, 0.6) is 0 Å². The van der Waals surface area contributed by atoms with Gasteiger partial charge in [0, 0.05) is 22.6 Å². The number of nitrogens with one attached hydrogen (secondary N) is 2. The van der Waals surface area contributed by atoms with E-state index in [9.17, 15) is 14.0 Å². The van der Waals surface area contributed by atoms with Gasteiger partial charge in [-0.15, -0.1) is 11.8 Å². The molecule has 1 atom stereocenters. The molecule has 1 aromatic carbocycles. The van der Waals surface area contributed by atoms with Gasteiger partial charge in [-0.25, -0.2) is 9.37 Å². The number of rotatable bonds is 7. The van der Waals surface area contributed by atoms with Gasteiger partial charge in [0.25, 0.3) is 0 Å². The number of carbonyl (C=O) groups is 2. The Bertz CT molecular complexity index is 993. The van der Waals surface area contributed by atoms with Crippen molar-refractivity contribution < 1.29 is 14.0 Å². The quantitative estimate of drug-likeness (QED) is 0.559. The molecule has 2 amide bonds. The highest BCUT2D eigenvalue weighted by molar-refractivity contribution is 9.10. The molecule has 0 saturated heterocycles. The number of halogens is 2. The van der Waals surface area contributed by atoms with Crippen LogP contribution < -0.4 is 10.6 Å². The van der Waals surface area contributed by atoms with E-state index >= 15 is 0 Å². The van der Waals surface area contributed by atoms with Crippen molar-refractivity contribution in [1.29, 1.82) is 0 Å². The third-order valence-electron chi connectivity index (χ3n) is 3.87. The third-order valence-corrected chi connectivity index (χ3v) is 5.48. The highest BCUT2D eigenvalue weighted by Gasteiger charge is 2.15. The second kappa shape index (κ2) is 9.20. The molecule has 2 N–H and O–H groups in total. The van der Waals surface area contributed by atoms with E-state index in [4.69, 9.17) is 0 Å². The van der Waals surface area contributed by atoms with E-state index in [-0.39, 0.29) is 23.4 Å². The Balaban J connectivity index is 1.44. The topological polar surface area (TPSA) is 75.5 Å². The number of imidazole rings is 1. The van der Waals surface area contributed by atoms with Crippen LogP contribution >= 0.6 is 27.7 Å². The first kappa shape index (κ1) is 20.3. The highest BCUT2D eigenvalue weighted by Crippen LogP contribution is 2.14. The number of pyridine rings is 1. The molecule has 146 valence electrons. The molecule has 0 bridgehead atoms. The Morgan fingerprint density at radius 1 is 1.21 bits per heavy atom. The van der Waals surface area contributed by atoms with Crippen molar-refractivity contribution in [3.8, 4) is 0 Å². The third kappa shape index (κ3) is 5.56. The molecular weight excluding hydrogens is 447 g/mol. The molecule has 0 radical (unpaired) electrons. The van der Waals surface area contributed by atoms with Crippen LogP contribution in [0.1, 0.15) is 12.6 Å². The summed E-state index contributed by atoms with van der Waals surface area (Å²) in [5, 5.41) is 5.10. The fraction of sp³-hybridized carbons (Fsp3) is 0.211. The number of hydrogen-bond acceptors (Lipinski definition) is 4. The number of carbonyl (C=O) groups excluding carboxylic acids is 2. The largest absolute Gasteiger partial charge is 0.349 e. The highest BCUT2D eigenvalue weighted by atomic mass is 79.9. The second-order valence-electron chi connectivity index (χ2n) is 6.07. The number of amides is 2. The molecule has 0 aliphatic heterocycles. The van der Waals surface area contributed by atoms with Gasteiger partial charge in [0.2, 0.25) is 11.8 Å². The Morgan fingerprint density at radius 2 is 1.96 bits per heavy atom. The van der Waals surface area contributed by atoms with Crippen molar-refractivity contribution in [2.24, 2.45) is 0 Å². The fourth-order valence-corrected chi connectivity index (χ4v) is 3.49. The summed E-state index contributed by atoms with van der Waals surface area (Å²) in [6.07, 6.45) is 3.75. The number of nitrogens with zero attached hydrogens (tertiary/aromatic N) is 2. The minimum Gasteiger partial charge on any atom is -0.349 e. The zero-order valence-electron chi connectivity index (χ0n) is 15.0. The fourth-order valence-electron chi connectivity index (χ4n) is 2.43. The minimum absolute atomic E-state index is 0.119. The first-order valence-electron chi connectivity index (χ1n) is 8.48. The lowest BCUT2D eigenvalue weighted by molar-refractivity contribution is -0.120. The van der Waals surface area contributed by atoms with Gasteiger partial charge < -0.3 is 15.0 Å². The predicted molar refractivity (Wildman–Crippen MR) is 112 cm³/mol. The summed E-state index contributed by atoms with van der Waals surface area (Å²) < 4.78 is 15.7. The van der Waals surface area contributed by atoms with Gasteiger partial charge in [-0.1, -0.05) is 0 Å². The van der Waals surface area contributed by atoms with Crippen molar-refractivity contribution in [1.82, 2.24) is 14.7 Å². The van der Waals surface area contributed by atoms with Crippen molar-refractivity contribution in [3.05, 3.63) is 64.8 Å². The molecule has 0 aliphatic carbocycles. The van der Waals surface area contributed by atoms with Gasteiger partial charge in [0.05, 0.1) is 23.2 Å². The zero-order valence-corrected chi connectivity index (χ0v) is 17.4. The smallest absolute Gasteiger partial charge is 0.234 e. The summed E-state index contributed by atoms with van der Waals surface area (Å²) in [7, 11) is 0. The number of fused-ring (bicyclic) bond motifs is 1. The molecule has 6 nitrogen and oxygen atoms in total. The van der Waals surface area contributed by atoms with Crippen LogP contribution in [0.2, 0.25) is 0 Å². The molecule has 0 saturated carbocycles. The molecule has 0 spiro atoms. The van der Waals surface area contributed by atoms with E-state index in [0.29, 0.717) is 12.2 Å². The lowest BCUT2D eigenvalue weighted by atomic mass is 10.3. The molecule has 2 heterocycles. The lowest BCUT2D eigenvalue weighted by Crippen LogP contribution is -2.31. The molecular formula is C19H18BrFN4O2S. The Kier molecular flexibility index (Phi) is 6.69. The van der Waals surface area contributed by atoms with E-state index in [1.807, 2.05) is 28.9 Å². The van der Waals surface area contributed by atoms with Gasteiger partial charge in [-0.05, 0) is 59.3 Å². The van der Waals surface area contributed by atoms with Gasteiger partial charge in [-0.2, -0.15) is 0 Å². The number of benzene rings is 1. The van der Waals surface area contributed by atoms with Crippen molar-refractivity contribution >= 4 is 50.8 Å². The monoisotopic (exact) mass is 464 g/mol. The first-order valence-corrected chi connectivity index (χ1v) is 10.3. The molecule has 28 heavy (non-hydrogen) atoms. The molecule has 2 aromatic heterocycles. The van der Waals surface area contributed by atoms with Crippen LogP contribution in [0.25, 0.3) is 5.65 Å². The number of thioether (sulfide) groups is 1. The van der Waals surface area contributed by atoms with Crippen LogP contribution in [0, 0.1) is 5.82 Å². The maximum absolute atomic E-state index is 12.9. The van der Waals surface area contributed by atoms with Crippen LogP contribution in [-0.4, -0.2) is 32.2 Å². The summed E-state index contributed by atoms with van der Waals surface area (Å²) in [6.45, 7) is 2.05. The maximum Gasteiger partial charge on any atom is 0.234 e. The SMILES string of the molecule is CC(SCC(=O)Nc1ccc(F)cc1)C(=O)NCc1cn2cc(Br)ccc2n1. The van der Waals surface area contributed by atoms with Crippen molar-refractivity contribution in [2.75, 3.05) is 11.1 Å². The summed E-state index contributed by atoms with van der Waals surface area (Å²) >= 11 is 4.63. The maximum atomic E-state index is 12.9. The van der Waals surface area contributed by atoms with E-state index in [2.05, 4.69) is 31.5 Å². The molecule has 3 aromatic rings. The number of hydrogen-bond donors (Lipinski definition) is 2. The van der Waals surface area contributed by atoms with E-state index < -0.39 is 5.25 Å². The van der Waals surface area contributed by atoms with E-state index in [0.717, 1.165) is 15.8 Å². The summed E-state index contributed by atoms with van der Waals surface area (Å²) in [5.74, 6) is -0.662. The van der Waals surface area contributed by atoms with Gasteiger partial charge >= 0.3 is 0 Å². The number of aromatic nitrogens is 2. The van der Waals surface area contributed by atoms with Gasteiger partial charge in [0.1, 0.15) is 11.5 Å². The predicted octanol–water partition coefficient (Wildman–Crippen LogP) is 3.61.